The SMILES string of the molecule is O=C(Nc1c(F)cccc1[N+](=O)[O-])c1cnccc1Cl. The molecule has 0 bridgehead atoms. The van der Waals surface area contributed by atoms with E-state index in [1.165, 1.54) is 24.5 Å². The summed E-state index contributed by atoms with van der Waals surface area (Å²) in [5, 5.41) is 13.1. The highest BCUT2D eigenvalue weighted by Gasteiger charge is 2.21. The largest absolute Gasteiger partial charge is 0.314 e. The molecule has 8 heteroatoms. The first-order valence-corrected chi connectivity index (χ1v) is 5.72. The van der Waals surface area contributed by atoms with Crippen molar-refractivity contribution in [1.82, 2.24) is 4.98 Å². The second-order valence-corrected chi connectivity index (χ2v) is 4.11. The number of pyridine rings is 1. The first kappa shape index (κ1) is 13.9. The van der Waals surface area contributed by atoms with Crippen LogP contribution in [0.15, 0.2) is 36.7 Å². The van der Waals surface area contributed by atoms with E-state index in [1.54, 1.807) is 0 Å². The number of aromatic nitrogens is 1. The summed E-state index contributed by atoms with van der Waals surface area (Å²) in [6.45, 7) is 0. The number of hydrogen-bond acceptors (Lipinski definition) is 4. The number of carbonyl (C=O) groups is 1. The molecule has 0 aliphatic carbocycles. The molecule has 0 fully saturated rings. The fraction of sp³-hybridized carbons (Fsp3) is 0. The van der Waals surface area contributed by atoms with Crippen LogP contribution < -0.4 is 5.32 Å². The summed E-state index contributed by atoms with van der Waals surface area (Å²) >= 11 is 5.80. The van der Waals surface area contributed by atoms with Crippen LogP contribution in [-0.4, -0.2) is 15.8 Å². The van der Waals surface area contributed by atoms with Gasteiger partial charge in [0.25, 0.3) is 11.6 Å². The van der Waals surface area contributed by atoms with Crippen molar-refractivity contribution in [3.8, 4) is 0 Å². The van der Waals surface area contributed by atoms with Crippen molar-refractivity contribution in [2.75, 3.05) is 5.32 Å². The molecular weight excluding hydrogens is 289 g/mol. The summed E-state index contributed by atoms with van der Waals surface area (Å²) in [4.78, 5) is 25.7. The predicted molar refractivity (Wildman–Crippen MR) is 70.3 cm³/mol. The molecule has 0 aliphatic heterocycles. The average molecular weight is 296 g/mol. The van der Waals surface area contributed by atoms with Crippen molar-refractivity contribution in [2.24, 2.45) is 0 Å². The first-order valence-electron chi connectivity index (χ1n) is 5.34. The minimum atomic E-state index is -0.910. The van der Waals surface area contributed by atoms with Crippen LogP contribution in [0.1, 0.15) is 10.4 Å². The summed E-state index contributed by atoms with van der Waals surface area (Å²) in [6.07, 6.45) is 2.56. The Morgan fingerprint density at radius 3 is 2.80 bits per heavy atom. The normalized spacial score (nSPS) is 10.1. The van der Waals surface area contributed by atoms with Crippen LogP contribution in [-0.2, 0) is 0 Å². The third-order valence-electron chi connectivity index (χ3n) is 2.44. The zero-order valence-electron chi connectivity index (χ0n) is 9.84. The summed E-state index contributed by atoms with van der Waals surface area (Å²) in [5.41, 5.74) is -1.06. The molecular formula is C12H7ClFN3O3. The molecule has 1 amide bonds. The third-order valence-corrected chi connectivity index (χ3v) is 2.77. The molecule has 0 spiro atoms. The fourth-order valence-electron chi connectivity index (χ4n) is 1.51. The van der Waals surface area contributed by atoms with Crippen molar-refractivity contribution in [3.05, 3.63) is 63.2 Å². The Morgan fingerprint density at radius 1 is 1.40 bits per heavy atom. The monoisotopic (exact) mass is 295 g/mol. The van der Waals surface area contributed by atoms with Gasteiger partial charge in [0.05, 0.1) is 15.5 Å². The third kappa shape index (κ3) is 2.72. The van der Waals surface area contributed by atoms with Gasteiger partial charge in [-0.05, 0) is 12.1 Å². The fourth-order valence-corrected chi connectivity index (χ4v) is 1.71. The number of rotatable bonds is 3. The molecule has 1 aromatic heterocycles. The lowest BCUT2D eigenvalue weighted by Gasteiger charge is -2.07. The van der Waals surface area contributed by atoms with Gasteiger partial charge in [-0.1, -0.05) is 17.7 Å². The number of amides is 1. The lowest BCUT2D eigenvalue weighted by molar-refractivity contribution is -0.384. The zero-order chi connectivity index (χ0) is 14.7. The minimum Gasteiger partial charge on any atom is -0.314 e. The van der Waals surface area contributed by atoms with Gasteiger partial charge in [-0.2, -0.15) is 0 Å². The Hall–Kier alpha value is -2.54. The van der Waals surface area contributed by atoms with Crippen LogP contribution in [0.4, 0.5) is 15.8 Å². The van der Waals surface area contributed by atoms with Gasteiger partial charge in [-0.25, -0.2) is 4.39 Å². The van der Waals surface area contributed by atoms with Crippen molar-refractivity contribution in [1.29, 1.82) is 0 Å². The van der Waals surface area contributed by atoms with E-state index in [-0.39, 0.29) is 10.6 Å². The van der Waals surface area contributed by atoms with Gasteiger partial charge in [0.1, 0.15) is 0 Å². The van der Waals surface area contributed by atoms with Crippen molar-refractivity contribution in [2.45, 2.75) is 0 Å². The molecule has 0 unspecified atom stereocenters. The number of hydrogen-bond donors (Lipinski definition) is 1. The maximum absolute atomic E-state index is 13.6. The van der Waals surface area contributed by atoms with Gasteiger partial charge < -0.3 is 5.32 Å². The van der Waals surface area contributed by atoms with E-state index in [1.807, 2.05) is 0 Å². The smallest absolute Gasteiger partial charge is 0.295 e. The summed E-state index contributed by atoms with van der Waals surface area (Å²) in [5.74, 6) is -1.69. The summed E-state index contributed by atoms with van der Waals surface area (Å²) in [6, 6.07) is 4.66. The number of halogens is 2. The van der Waals surface area contributed by atoms with Crippen LogP contribution in [0.3, 0.4) is 0 Å². The topological polar surface area (TPSA) is 85.1 Å². The molecule has 102 valence electrons. The lowest BCUT2D eigenvalue weighted by Crippen LogP contribution is -2.15. The van der Waals surface area contributed by atoms with Crippen LogP contribution in [0, 0.1) is 15.9 Å². The highest BCUT2D eigenvalue weighted by molar-refractivity contribution is 6.34. The first-order chi connectivity index (χ1) is 9.50. The predicted octanol–water partition coefficient (Wildman–Crippen LogP) is 3.03. The second-order valence-electron chi connectivity index (χ2n) is 3.70. The van der Waals surface area contributed by atoms with Gasteiger partial charge in [0, 0.05) is 18.5 Å². The number of anilines is 1. The van der Waals surface area contributed by atoms with E-state index in [9.17, 15) is 19.3 Å². The van der Waals surface area contributed by atoms with Crippen LogP contribution in [0.25, 0.3) is 0 Å². The number of carbonyl (C=O) groups excluding carboxylic acids is 1. The maximum atomic E-state index is 13.6. The number of benzene rings is 1. The van der Waals surface area contributed by atoms with E-state index < -0.39 is 28.0 Å². The van der Waals surface area contributed by atoms with Crippen LogP contribution in [0.2, 0.25) is 5.02 Å². The highest BCUT2D eigenvalue weighted by Crippen LogP contribution is 2.28. The molecule has 0 aliphatic rings. The standard InChI is InChI=1S/C12H7ClFN3O3/c13-8-4-5-15-6-7(8)12(18)16-11-9(14)2-1-3-10(11)17(19)20/h1-6H,(H,16,18). The molecule has 1 N–H and O–H groups in total. The van der Waals surface area contributed by atoms with E-state index >= 15 is 0 Å². The van der Waals surface area contributed by atoms with E-state index in [2.05, 4.69) is 10.3 Å². The van der Waals surface area contributed by atoms with Gasteiger partial charge in [0.15, 0.2) is 11.5 Å². The number of para-hydroxylation sites is 1. The van der Waals surface area contributed by atoms with Crippen molar-refractivity contribution < 1.29 is 14.1 Å². The van der Waals surface area contributed by atoms with Gasteiger partial charge >= 0.3 is 0 Å². The molecule has 6 nitrogen and oxygen atoms in total. The quantitative estimate of drug-likeness (QED) is 0.696. The minimum absolute atomic E-state index is 0.00767. The molecule has 0 atom stereocenters. The highest BCUT2D eigenvalue weighted by atomic mass is 35.5. The van der Waals surface area contributed by atoms with E-state index in [4.69, 9.17) is 11.6 Å². The van der Waals surface area contributed by atoms with E-state index in [0.717, 1.165) is 12.1 Å². The van der Waals surface area contributed by atoms with E-state index in [0.29, 0.717) is 0 Å². The molecule has 0 radical (unpaired) electrons. The molecule has 1 heterocycles. The van der Waals surface area contributed by atoms with Gasteiger partial charge in [-0.15, -0.1) is 0 Å². The Labute approximate surface area is 117 Å². The number of nitrogens with one attached hydrogen (secondary N) is 1. The van der Waals surface area contributed by atoms with Crippen LogP contribution >= 0.6 is 11.6 Å². The second kappa shape index (κ2) is 5.62. The zero-order valence-corrected chi connectivity index (χ0v) is 10.6. The van der Waals surface area contributed by atoms with Gasteiger partial charge in [0.2, 0.25) is 0 Å². The number of nitro groups is 1. The molecule has 20 heavy (non-hydrogen) atoms. The maximum Gasteiger partial charge on any atom is 0.295 e. The summed E-state index contributed by atoms with van der Waals surface area (Å²) < 4.78 is 13.6. The summed E-state index contributed by atoms with van der Waals surface area (Å²) in [7, 11) is 0. The number of nitrogens with zero attached hydrogens (tertiary/aromatic N) is 2. The van der Waals surface area contributed by atoms with Crippen molar-refractivity contribution in [3.63, 3.8) is 0 Å². The lowest BCUT2D eigenvalue weighted by atomic mass is 10.2. The Bertz CT molecular complexity index is 693. The Kier molecular flexibility index (Phi) is 3.90. The van der Waals surface area contributed by atoms with Crippen LogP contribution in [0.5, 0.6) is 0 Å². The molecule has 1 aromatic carbocycles. The molecule has 0 saturated heterocycles. The Balaban J connectivity index is 2.38. The van der Waals surface area contributed by atoms with Crippen molar-refractivity contribution >= 4 is 28.9 Å². The van der Waals surface area contributed by atoms with Gasteiger partial charge in [-0.3, -0.25) is 19.9 Å². The average Bonchev–Trinajstić information content (AvgIpc) is 2.41. The Morgan fingerprint density at radius 2 is 2.15 bits per heavy atom. The molecule has 2 rings (SSSR count). The number of nitro benzene ring substituents is 1. The molecule has 0 saturated carbocycles. The molecule has 2 aromatic rings.